The van der Waals surface area contributed by atoms with Crippen molar-refractivity contribution in [3.05, 3.63) is 16.3 Å². The number of carbonyl (C=O) groups is 2. The summed E-state index contributed by atoms with van der Waals surface area (Å²) in [4.78, 5) is 25.3. The van der Waals surface area contributed by atoms with Gasteiger partial charge in [0.1, 0.15) is 9.77 Å². The van der Waals surface area contributed by atoms with E-state index in [9.17, 15) is 18.0 Å². The Kier molecular flexibility index (Phi) is 5.14. The van der Waals surface area contributed by atoms with E-state index in [2.05, 4.69) is 9.64 Å². The van der Waals surface area contributed by atoms with Gasteiger partial charge < -0.3 is 10.5 Å². The Morgan fingerprint density at radius 2 is 1.92 bits per heavy atom. The molecule has 0 aromatic carbocycles. The van der Waals surface area contributed by atoms with Gasteiger partial charge in [-0.25, -0.2) is 13.2 Å². The minimum Gasteiger partial charge on any atom is -0.465 e. The highest BCUT2D eigenvalue weighted by atomic mass is 32.2. The molecule has 2 aliphatic heterocycles. The van der Waals surface area contributed by atoms with E-state index in [1.165, 1.54) is 17.5 Å². The number of hydrogen-bond donors (Lipinski definition) is 1. The summed E-state index contributed by atoms with van der Waals surface area (Å²) in [5, 5.41) is 1.57. The molecule has 0 unspecified atom stereocenters. The standard InChI is InChI=1S/C15H21N3O5S2/c1-23-15(20)13-12(4-7-24-13)25(21,22)18-8-11(9-18)17-5-2-10(3-6-17)14(16)19/h4,7,10-11H,2-3,5-6,8-9H2,1H3,(H2,16,19). The molecule has 0 saturated carbocycles. The minimum absolute atomic E-state index is 0.00948. The molecule has 1 amide bonds. The predicted octanol–water partition coefficient (Wildman–Crippen LogP) is 0.105. The first-order valence-electron chi connectivity index (χ1n) is 8.04. The van der Waals surface area contributed by atoms with Crippen molar-refractivity contribution in [3.8, 4) is 0 Å². The molecule has 2 N–H and O–H groups in total. The fourth-order valence-electron chi connectivity index (χ4n) is 3.27. The monoisotopic (exact) mass is 387 g/mol. The number of esters is 1. The van der Waals surface area contributed by atoms with Gasteiger partial charge >= 0.3 is 5.97 Å². The number of sulfonamides is 1. The summed E-state index contributed by atoms with van der Waals surface area (Å²) >= 11 is 1.06. The molecule has 1 aromatic rings. The molecule has 3 heterocycles. The molecule has 0 aliphatic carbocycles. The smallest absolute Gasteiger partial charge is 0.349 e. The normalized spacial score (nSPS) is 21.0. The van der Waals surface area contributed by atoms with Gasteiger partial charge in [0.15, 0.2) is 0 Å². The Labute approximate surface area is 150 Å². The molecular formula is C15H21N3O5S2. The van der Waals surface area contributed by atoms with Crippen LogP contribution in [0.5, 0.6) is 0 Å². The molecule has 0 bridgehead atoms. The molecule has 3 rings (SSSR count). The summed E-state index contributed by atoms with van der Waals surface area (Å²) in [7, 11) is -2.47. The topological polar surface area (TPSA) is 110 Å². The Balaban J connectivity index is 1.62. The van der Waals surface area contributed by atoms with Gasteiger partial charge in [0.05, 0.1) is 7.11 Å². The molecule has 2 aliphatic rings. The largest absolute Gasteiger partial charge is 0.465 e. The number of rotatable bonds is 5. The van der Waals surface area contributed by atoms with Gasteiger partial charge in [0.25, 0.3) is 0 Å². The van der Waals surface area contributed by atoms with E-state index in [0.717, 1.165) is 37.3 Å². The number of methoxy groups -OCH3 is 1. The van der Waals surface area contributed by atoms with Crippen LogP contribution in [0.2, 0.25) is 0 Å². The van der Waals surface area contributed by atoms with Gasteiger partial charge in [-0.3, -0.25) is 9.69 Å². The van der Waals surface area contributed by atoms with E-state index in [0.29, 0.717) is 13.1 Å². The molecule has 1 aromatic heterocycles. The highest BCUT2D eigenvalue weighted by Crippen LogP contribution is 2.31. The Bertz CT molecular complexity index is 762. The second kappa shape index (κ2) is 7.02. The molecule has 0 spiro atoms. The van der Waals surface area contributed by atoms with Crippen LogP contribution in [-0.4, -0.2) is 68.8 Å². The quantitative estimate of drug-likeness (QED) is 0.718. The molecule has 138 valence electrons. The molecule has 0 atom stereocenters. The summed E-state index contributed by atoms with van der Waals surface area (Å²) < 4.78 is 31.5. The number of ether oxygens (including phenoxy) is 1. The number of thiophene rings is 1. The fourth-order valence-corrected chi connectivity index (χ4v) is 6.10. The minimum atomic E-state index is -3.70. The number of amides is 1. The van der Waals surface area contributed by atoms with Crippen LogP contribution < -0.4 is 5.73 Å². The second-order valence-corrected chi connectivity index (χ2v) is 9.12. The number of nitrogens with two attached hydrogens (primary N) is 1. The Morgan fingerprint density at radius 1 is 1.28 bits per heavy atom. The third-order valence-electron chi connectivity index (χ3n) is 4.89. The maximum Gasteiger partial charge on any atom is 0.349 e. The maximum absolute atomic E-state index is 12.7. The first kappa shape index (κ1) is 18.3. The van der Waals surface area contributed by atoms with E-state index in [1.807, 2.05) is 0 Å². The number of piperidine rings is 1. The molecule has 8 nitrogen and oxygen atoms in total. The van der Waals surface area contributed by atoms with E-state index < -0.39 is 16.0 Å². The van der Waals surface area contributed by atoms with Crippen molar-refractivity contribution in [2.24, 2.45) is 11.7 Å². The number of nitrogens with zero attached hydrogens (tertiary/aromatic N) is 2. The first-order valence-corrected chi connectivity index (χ1v) is 10.4. The molecule has 2 fully saturated rings. The zero-order chi connectivity index (χ0) is 18.2. The van der Waals surface area contributed by atoms with Gasteiger partial charge in [-0.2, -0.15) is 4.31 Å². The molecular weight excluding hydrogens is 366 g/mol. The molecule has 2 saturated heterocycles. The fraction of sp³-hybridized carbons (Fsp3) is 0.600. The van der Waals surface area contributed by atoms with Crippen LogP contribution in [0.4, 0.5) is 0 Å². The van der Waals surface area contributed by atoms with Crippen molar-refractivity contribution in [3.63, 3.8) is 0 Å². The number of likely N-dealkylation sites (tertiary alicyclic amines) is 1. The summed E-state index contributed by atoms with van der Waals surface area (Å²) in [6.07, 6.45) is 1.44. The highest BCUT2D eigenvalue weighted by molar-refractivity contribution is 7.89. The van der Waals surface area contributed by atoms with Crippen molar-refractivity contribution in [1.82, 2.24) is 9.21 Å². The van der Waals surface area contributed by atoms with Gasteiger partial charge in [0.2, 0.25) is 15.9 Å². The van der Waals surface area contributed by atoms with E-state index in [1.54, 1.807) is 5.38 Å². The molecule has 10 heteroatoms. The van der Waals surface area contributed by atoms with Crippen LogP contribution in [-0.2, 0) is 19.6 Å². The summed E-state index contributed by atoms with van der Waals surface area (Å²) in [6, 6.07) is 1.58. The third-order valence-corrected chi connectivity index (χ3v) is 7.79. The van der Waals surface area contributed by atoms with Gasteiger partial charge in [-0.05, 0) is 37.4 Å². The van der Waals surface area contributed by atoms with Crippen molar-refractivity contribution < 1.29 is 22.7 Å². The van der Waals surface area contributed by atoms with Crippen LogP contribution in [0.3, 0.4) is 0 Å². The highest BCUT2D eigenvalue weighted by Gasteiger charge is 2.42. The number of carbonyl (C=O) groups excluding carboxylic acids is 2. The van der Waals surface area contributed by atoms with Gasteiger partial charge in [-0.1, -0.05) is 0 Å². The van der Waals surface area contributed by atoms with E-state index in [-0.39, 0.29) is 27.6 Å². The van der Waals surface area contributed by atoms with Crippen molar-refractivity contribution in [2.75, 3.05) is 33.3 Å². The Hall–Kier alpha value is -1.49. The maximum atomic E-state index is 12.7. The summed E-state index contributed by atoms with van der Waals surface area (Å²) in [5.74, 6) is -0.978. The van der Waals surface area contributed by atoms with Crippen molar-refractivity contribution >= 4 is 33.2 Å². The summed E-state index contributed by atoms with van der Waals surface area (Å²) in [5.41, 5.74) is 5.34. The van der Waals surface area contributed by atoms with Crippen LogP contribution in [0.15, 0.2) is 16.3 Å². The Morgan fingerprint density at radius 3 is 2.48 bits per heavy atom. The zero-order valence-corrected chi connectivity index (χ0v) is 15.5. The number of hydrogen-bond acceptors (Lipinski definition) is 7. The predicted molar refractivity (Wildman–Crippen MR) is 91.7 cm³/mol. The lowest BCUT2D eigenvalue weighted by Gasteiger charge is -2.46. The SMILES string of the molecule is COC(=O)c1sccc1S(=O)(=O)N1CC(N2CCC(C(N)=O)CC2)C1. The van der Waals surface area contributed by atoms with Crippen LogP contribution in [0, 0.1) is 5.92 Å². The molecule has 0 radical (unpaired) electrons. The lowest BCUT2D eigenvalue weighted by Crippen LogP contribution is -2.62. The second-order valence-electron chi connectivity index (χ2n) is 6.29. The third kappa shape index (κ3) is 3.43. The van der Waals surface area contributed by atoms with Crippen molar-refractivity contribution in [2.45, 2.75) is 23.8 Å². The molecule has 25 heavy (non-hydrogen) atoms. The van der Waals surface area contributed by atoms with Gasteiger partial charge in [0, 0.05) is 25.0 Å². The van der Waals surface area contributed by atoms with E-state index >= 15 is 0 Å². The lowest BCUT2D eigenvalue weighted by atomic mass is 9.94. The lowest BCUT2D eigenvalue weighted by molar-refractivity contribution is -0.123. The number of primary amides is 1. The van der Waals surface area contributed by atoms with E-state index in [4.69, 9.17) is 5.73 Å². The van der Waals surface area contributed by atoms with Crippen LogP contribution in [0.1, 0.15) is 22.5 Å². The average molecular weight is 387 g/mol. The zero-order valence-electron chi connectivity index (χ0n) is 13.9. The van der Waals surface area contributed by atoms with Gasteiger partial charge in [-0.15, -0.1) is 11.3 Å². The first-order chi connectivity index (χ1) is 11.8. The summed E-state index contributed by atoms with van der Waals surface area (Å²) in [6.45, 7) is 2.27. The van der Waals surface area contributed by atoms with Crippen LogP contribution >= 0.6 is 11.3 Å². The van der Waals surface area contributed by atoms with Crippen LogP contribution in [0.25, 0.3) is 0 Å². The average Bonchev–Trinajstić information content (AvgIpc) is 3.03. The van der Waals surface area contributed by atoms with Crippen molar-refractivity contribution in [1.29, 1.82) is 0 Å².